The second-order valence-corrected chi connectivity index (χ2v) is 6.09. The van der Waals surface area contributed by atoms with Crippen LogP contribution in [-0.4, -0.2) is 27.6 Å². The SMILES string of the molecule is CCCc1nsc(NCC2(CO)CCCCC2)n1. The molecule has 18 heavy (non-hydrogen) atoms. The number of nitrogens with zero attached hydrogens (tertiary/aromatic N) is 2. The fourth-order valence-corrected chi connectivity index (χ4v) is 3.21. The quantitative estimate of drug-likeness (QED) is 0.833. The lowest BCUT2D eigenvalue weighted by Crippen LogP contribution is -2.35. The van der Waals surface area contributed by atoms with Gasteiger partial charge in [0.15, 0.2) is 0 Å². The summed E-state index contributed by atoms with van der Waals surface area (Å²) in [4.78, 5) is 4.46. The van der Waals surface area contributed by atoms with Gasteiger partial charge in [0.05, 0.1) is 6.61 Å². The highest BCUT2D eigenvalue weighted by atomic mass is 32.1. The summed E-state index contributed by atoms with van der Waals surface area (Å²) in [7, 11) is 0. The van der Waals surface area contributed by atoms with Gasteiger partial charge in [-0.2, -0.15) is 4.37 Å². The first kappa shape index (κ1) is 13.7. The molecule has 0 amide bonds. The standard InChI is InChI=1S/C13H23N3OS/c1-2-6-11-15-12(18-16-11)14-9-13(10-17)7-4-3-5-8-13/h17H,2-10H2,1H3,(H,14,15,16). The van der Waals surface area contributed by atoms with Gasteiger partial charge in [0, 0.05) is 29.9 Å². The minimum atomic E-state index is 0.0643. The maximum atomic E-state index is 9.64. The lowest BCUT2D eigenvalue weighted by atomic mass is 9.74. The van der Waals surface area contributed by atoms with Crippen molar-refractivity contribution in [3.8, 4) is 0 Å². The predicted molar refractivity (Wildman–Crippen MR) is 75.0 cm³/mol. The van der Waals surface area contributed by atoms with Gasteiger partial charge >= 0.3 is 0 Å². The molecule has 0 unspecified atom stereocenters. The van der Waals surface area contributed by atoms with Crippen molar-refractivity contribution in [3.63, 3.8) is 0 Å². The zero-order chi connectivity index (χ0) is 12.8. The van der Waals surface area contributed by atoms with E-state index in [1.54, 1.807) is 0 Å². The molecule has 1 saturated carbocycles. The molecule has 0 aliphatic heterocycles. The molecular formula is C13H23N3OS. The number of aliphatic hydroxyl groups excluding tert-OH is 1. The number of aliphatic hydroxyl groups is 1. The zero-order valence-electron chi connectivity index (χ0n) is 11.1. The van der Waals surface area contributed by atoms with E-state index in [0.717, 1.165) is 43.2 Å². The number of aromatic nitrogens is 2. The van der Waals surface area contributed by atoms with E-state index in [1.165, 1.54) is 30.8 Å². The Bertz CT molecular complexity index is 361. The fraction of sp³-hybridized carbons (Fsp3) is 0.846. The first-order chi connectivity index (χ1) is 8.78. The molecule has 0 radical (unpaired) electrons. The van der Waals surface area contributed by atoms with Gasteiger partial charge in [0.1, 0.15) is 5.82 Å². The van der Waals surface area contributed by atoms with Crippen molar-refractivity contribution >= 4 is 16.7 Å². The van der Waals surface area contributed by atoms with Crippen LogP contribution in [-0.2, 0) is 6.42 Å². The minimum Gasteiger partial charge on any atom is -0.396 e. The highest BCUT2D eigenvalue weighted by Gasteiger charge is 2.31. The summed E-state index contributed by atoms with van der Waals surface area (Å²) < 4.78 is 4.32. The molecule has 102 valence electrons. The summed E-state index contributed by atoms with van der Waals surface area (Å²) >= 11 is 1.43. The number of hydrogen-bond acceptors (Lipinski definition) is 5. The Kier molecular flexibility index (Phi) is 4.95. The van der Waals surface area contributed by atoms with E-state index in [9.17, 15) is 5.11 Å². The Balaban J connectivity index is 1.88. The smallest absolute Gasteiger partial charge is 0.202 e. The molecule has 0 aromatic carbocycles. The van der Waals surface area contributed by atoms with Crippen LogP contribution < -0.4 is 5.32 Å². The van der Waals surface area contributed by atoms with E-state index < -0.39 is 0 Å². The van der Waals surface area contributed by atoms with Crippen LogP contribution in [0.3, 0.4) is 0 Å². The van der Waals surface area contributed by atoms with Crippen molar-refractivity contribution < 1.29 is 5.11 Å². The maximum Gasteiger partial charge on any atom is 0.202 e. The average molecular weight is 269 g/mol. The molecule has 1 aromatic rings. The third-order valence-corrected chi connectivity index (χ3v) is 4.52. The summed E-state index contributed by atoms with van der Waals surface area (Å²) in [6.07, 6.45) is 8.05. The molecule has 2 rings (SSSR count). The number of nitrogens with one attached hydrogen (secondary N) is 1. The van der Waals surface area contributed by atoms with Crippen molar-refractivity contribution in [3.05, 3.63) is 5.82 Å². The van der Waals surface area contributed by atoms with Crippen LogP contribution in [0.1, 0.15) is 51.3 Å². The molecular weight excluding hydrogens is 246 g/mol. The third-order valence-electron chi connectivity index (χ3n) is 3.81. The van der Waals surface area contributed by atoms with Crippen LogP contribution in [0.25, 0.3) is 0 Å². The van der Waals surface area contributed by atoms with Gasteiger partial charge < -0.3 is 10.4 Å². The van der Waals surface area contributed by atoms with Gasteiger partial charge in [0.25, 0.3) is 0 Å². The molecule has 0 bridgehead atoms. The molecule has 0 atom stereocenters. The van der Waals surface area contributed by atoms with E-state index in [1.807, 2.05) is 0 Å². The monoisotopic (exact) mass is 269 g/mol. The van der Waals surface area contributed by atoms with Crippen LogP contribution in [0.5, 0.6) is 0 Å². The molecule has 1 fully saturated rings. The van der Waals surface area contributed by atoms with Crippen molar-refractivity contribution in [1.29, 1.82) is 0 Å². The van der Waals surface area contributed by atoms with Crippen LogP contribution in [0.15, 0.2) is 0 Å². The topological polar surface area (TPSA) is 58.0 Å². The van der Waals surface area contributed by atoms with Crippen molar-refractivity contribution in [1.82, 2.24) is 9.36 Å². The zero-order valence-corrected chi connectivity index (χ0v) is 11.9. The van der Waals surface area contributed by atoms with Crippen molar-refractivity contribution in [2.75, 3.05) is 18.5 Å². The largest absolute Gasteiger partial charge is 0.396 e. The predicted octanol–water partition coefficient (Wildman–Crippen LogP) is 2.85. The molecule has 4 nitrogen and oxygen atoms in total. The summed E-state index contributed by atoms with van der Waals surface area (Å²) in [6.45, 7) is 3.24. The van der Waals surface area contributed by atoms with Gasteiger partial charge in [-0.1, -0.05) is 26.2 Å². The Morgan fingerprint density at radius 2 is 2.11 bits per heavy atom. The first-order valence-electron chi connectivity index (χ1n) is 6.95. The number of hydrogen-bond donors (Lipinski definition) is 2. The summed E-state index contributed by atoms with van der Waals surface area (Å²) in [5.74, 6) is 0.937. The lowest BCUT2D eigenvalue weighted by molar-refractivity contribution is 0.0944. The summed E-state index contributed by atoms with van der Waals surface area (Å²) in [6, 6.07) is 0. The molecule has 5 heteroatoms. The van der Waals surface area contributed by atoms with E-state index >= 15 is 0 Å². The highest BCUT2D eigenvalue weighted by molar-refractivity contribution is 7.09. The highest BCUT2D eigenvalue weighted by Crippen LogP contribution is 2.36. The van der Waals surface area contributed by atoms with Crippen molar-refractivity contribution in [2.24, 2.45) is 5.41 Å². The molecule has 0 saturated heterocycles. The van der Waals surface area contributed by atoms with E-state index in [0.29, 0.717) is 0 Å². The van der Waals surface area contributed by atoms with E-state index in [4.69, 9.17) is 0 Å². The van der Waals surface area contributed by atoms with Gasteiger partial charge in [0.2, 0.25) is 5.13 Å². The van der Waals surface area contributed by atoms with Gasteiger partial charge in [-0.3, -0.25) is 0 Å². The fourth-order valence-electron chi connectivity index (χ4n) is 2.61. The second-order valence-electron chi connectivity index (χ2n) is 5.34. The first-order valence-corrected chi connectivity index (χ1v) is 7.73. The lowest BCUT2D eigenvalue weighted by Gasteiger charge is -2.35. The summed E-state index contributed by atoms with van der Waals surface area (Å²) in [5.41, 5.74) is 0.0643. The number of aryl methyl sites for hydroxylation is 1. The normalized spacial score (nSPS) is 18.8. The van der Waals surface area contributed by atoms with E-state index in [2.05, 4.69) is 21.6 Å². The van der Waals surface area contributed by atoms with Crippen LogP contribution >= 0.6 is 11.5 Å². The molecule has 1 aliphatic rings. The number of rotatable bonds is 6. The Morgan fingerprint density at radius 1 is 1.33 bits per heavy atom. The average Bonchev–Trinajstić information content (AvgIpc) is 2.86. The minimum absolute atomic E-state index is 0.0643. The maximum absolute atomic E-state index is 9.64. The Labute approximate surface area is 113 Å². The molecule has 2 N–H and O–H groups in total. The Hall–Kier alpha value is -0.680. The van der Waals surface area contributed by atoms with Gasteiger partial charge in [-0.05, 0) is 19.3 Å². The Morgan fingerprint density at radius 3 is 2.78 bits per heavy atom. The second kappa shape index (κ2) is 6.48. The van der Waals surface area contributed by atoms with Crippen molar-refractivity contribution in [2.45, 2.75) is 51.9 Å². The molecule has 1 aliphatic carbocycles. The number of anilines is 1. The third kappa shape index (κ3) is 3.42. The van der Waals surface area contributed by atoms with Gasteiger partial charge in [-0.15, -0.1) is 0 Å². The summed E-state index contributed by atoms with van der Waals surface area (Å²) in [5, 5.41) is 13.9. The molecule has 0 spiro atoms. The van der Waals surface area contributed by atoms with Crippen LogP contribution in [0.2, 0.25) is 0 Å². The molecule has 1 aromatic heterocycles. The van der Waals surface area contributed by atoms with Gasteiger partial charge in [-0.25, -0.2) is 4.98 Å². The van der Waals surface area contributed by atoms with Crippen LogP contribution in [0, 0.1) is 5.41 Å². The molecule has 1 heterocycles. The van der Waals surface area contributed by atoms with Crippen LogP contribution in [0.4, 0.5) is 5.13 Å². The van der Waals surface area contributed by atoms with E-state index in [-0.39, 0.29) is 12.0 Å².